The van der Waals surface area contributed by atoms with E-state index in [4.69, 9.17) is 29.6 Å². The van der Waals surface area contributed by atoms with Crippen molar-refractivity contribution in [2.45, 2.75) is 0 Å². The van der Waals surface area contributed by atoms with Crippen molar-refractivity contribution >= 4 is 40.4 Å². The molecule has 6 heteroatoms. The maximum atomic E-state index is 12.0. The Bertz CT molecular complexity index is 689. The molecule has 0 aliphatic carbocycles. The number of nitrogens with one attached hydrogen (secondary N) is 1. The van der Waals surface area contributed by atoms with E-state index in [1.807, 2.05) is 0 Å². The first-order valence-corrected chi connectivity index (χ1v) is 6.46. The average Bonchev–Trinajstić information content (AvgIpc) is 2.40. The second kappa shape index (κ2) is 5.90. The molecule has 4 N–H and O–H groups in total. The van der Waals surface area contributed by atoms with Gasteiger partial charge in [-0.05, 0) is 36.4 Å². The number of phenols is 1. The van der Waals surface area contributed by atoms with Crippen molar-refractivity contribution in [1.29, 1.82) is 0 Å². The maximum Gasteiger partial charge on any atom is 0.255 e. The highest BCUT2D eigenvalue weighted by atomic mass is 35.5. The number of hydrogen-bond donors (Lipinski definition) is 3. The van der Waals surface area contributed by atoms with Crippen LogP contribution in [0.15, 0.2) is 42.5 Å². The molecule has 2 aromatic carbocycles. The van der Waals surface area contributed by atoms with Gasteiger partial charge in [0.05, 0.1) is 10.7 Å². The molecule has 4 nitrogen and oxygen atoms in total. The second-order valence-corrected chi connectivity index (χ2v) is 4.91. The zero-order chi connectivity index (χ0) is 14.7. The summed E-state index contributed by atoms with van der Waals surface area (Å²) in [5, 5.41) is 12.3. The lowest BCUT2D eigenvalue weighted by atomic mass is 10.1. The van der Waals surface area contributed by atoms with E-state index in [1.165, 1.54) is 12.1 Å². The van der Waals surface area contributed by atoms with E-state index < -0.39 is 0 Å². The number of benzene rings is 2. The van der Waals surface area contributed by atoms with E-state index in [-0.39, 0.29) is 16.6 Å². The predicted octanol–water partition coefficient (Wildman–Crippen LogP) is 2.93. The summed E-state index contributed by atoms with van der Waals surface area (Å²) >= 11 is 10.9. The van der Waals surface area contributed by atoms with E-state index in [0.717, 1.165) is 0 Å². The van der Waals surface area contributed by atoms with Gasteiger partial charge in [0, 0.05) is 11.1 Å². The fraction of sp³-hybridized carbons (Fsp3) is 0. The molecule has 0 radical (unpaired) electrons. The first-order valence-electron chi connectivity index (χ1n) is 5.67. The molecule has 0 saturated heterocycles. The Morgan fingerprint density at radius 2 is 1.95 bits per heavy atom. The first kappa shape index (κ1) is 14.3. The smallest absolute Gasteiger partial charge is 0.255 e. The van der Waals surface area contributed by atoms with Gasteiger partial charge >= 0.3 is 0 Å². The van der Waals surface area contributed by atoms with Crippen molar-refractivity contribution in [3.05, 3.63) is 58.6 Å². The Kier molecular flexibility index (Phi) is 4.22. The molecule has 20 heavy (non-hydrogen) atoms. The Morgan fingerprint density at radius 3 is 2.55 bits per heavy atom. The summed E-state index contributed by atoms with van der Waals surface area (Å²) in [6.45, 7) is 0. The molecule has 0 unspecified atom stereocenters. The van der Waals surface area contributed by atoms with Crippen molar-refractivity contribution in [3.8, 4) is 5.75 Å². The summed E-state index contributed by atoms with van der Waals surface area (Å²) in [5.41, 5.74) is 6.90. The molecule has 0 heterocycles. The van der Waals surface area contributed by atoms with Crippen LogP contribution in [0.1, 0.15) is 15.9 Å². The van der Waals surface area contributed by atoms with Crippen LogP contribution in [-0.4, -0.2) is 16.0 Å². The Balaban J connectivity index is 2.22. The van der Waals surface area contributed by atoms with Crippen molar-refractivity contribution in [2.24, 2.45) is 5.73 Å². The number of carbonyl (C=O) groups is 1. The van der Waals surface area contributed by atoms with Gasteiger partial charge in [0.2, 0.25) is 0 Å². The van der Waals surface area contributed by atoms with E-state index in [0.29, 0.717) is 21.8 Å². The largest absolute Gasteiger partial charge is 0.508 e. The maximum absolute atomic E-state index is 12.0. The summed E-state index contributed by atoms with van der Waals surface area (Å²) in [6, 6.07) is 10.9. The number of rotatable bonds is 3. The van der Waals surface area contributed by atoms with Crippen LogP contribution in [0.2, 0.25) is 5.02 Å². The number of halogens is 1. The zero-order valence-electron chi connectivity index (χ0n) is 10.3. The lowest BCUT2D eigenvalue weighted by Gasteiger charge is -2.09. The van der Waals surface area contributed by atoms with Crippen LogP contribution in [0.25, 0.3) is 0 Å². The van der Waals surface area contributed by atoms with Crippen LogP contribution in [0, 0.1) is 0 Å². The standard InChI is InChI=1S/C14H11ClN2O2S/c15-11-7-8(13(16)20)4-5-12(11)17-14(19)9-2-1-3-10(18)6-9/h1-7,18H,(H2,16,20)(H,17,19). The van der Waals surface area contributed by atoms with Gasteiger partial charge in [0.25, 0.3) is 5.91 Å². The van der Waals surface area contributed by atoms with Crippen LogP contribution in [0.5, 0.6) is 5.75 Å². The molecule has 0 bridgehead atoms. The summed E-state index contributed by atoms with van der Waals surface area (Å²) in [4.78, 5) is 12.2. The highest BCUT2D eigenvalue weighted by molar-refractivity contribution is 7.80. The monoisotopic (exact) mass is 306 g/mol. The molecule has 0 saturated carbocycles. The number of nitrogens with two attached hydrogens (primary N) is 1. The number of amides is 1. The third-order valence-corrected chi connectivity index (χ3v) is 3.16. The Labute approximate surface area is 126 Å². The Hall–Kier alpha value is -2.11. The summed E-state index contributed by atoms with van der Waals surface area (Å²) < 4.78 is 0. The summed E-state index contributed by atoms with van der Waals surface area (Å²) in [5.74, 6) is -0.349. The Morgan fingerprint density at radius 1 is 1.20 bits per heavy atom. The fourth-order valence-electron chi connectivity index (χ4n) is 1.61. The average molecular weight is 307 g/mol. The highest BCUT2D eigenvalue weighted by Crippen LogP contribution is 2.24. The number of anilines is 1. The molecule has 102 valence electrons. The zero-order valence-corrected chi connectivity index (χ0v) is 11.8. The predicted molar refractivity (Wildman–Crippen MR) is 83.4 cm³/mol. The van der Waals surface area contributed by atoms with Crippen molar-refractivity contribution in [1.82, 2.24) is 0 Å². The van der Waals surface area contributed by atoms with Gasteiger partial charge in [0.15, 0.2) is 0 Å². The molecule has 1 amide bonds. The van der Waals surface area contributed by atoms with Crippen LogP contribution in [0.3, 0.4) is 0 Å². The molecular weight excluding hydrogens is 296 g/mol. The van der Waals surface area contributed by atoms with Crippen LogP contribution < -0.4 is 11.1 Å². The van der Waals surface area contributed by atoms with Gasteiger partial charge in [0.1, 0.15) is 10.7 Å². The molecular formula is C14H11ClN2O2S. The third-order valence-electron chi connectivity index (χ3n) is 2.61. The van der Waals surface area contributed by atoms with E-state index in [1.54, 1.807) is 30.3 Å². The molecule has 0 spiro atoms. The topological polar surface area (TPSA) is 75.3 Å². The number of thiocarbonyl (C=S) groups is 1. The lowest BCUT2D eigenvalue weighted by molar-refractivity contribution is 0.102. The minimum atomic E-state index is -0.370. The third kappa shape index (κ3) is 3.26. The highest BCUT2D eigenvalue weighted by Gasteiger charge is 2.10. The van der Waals surface area contributed by atoms with Crippen LogP contribution >= 0.6 is 23.8 Å². The van der Waals surface area contributed by atoms with Crippen molar-refractivity contribution in [3.63, 3.8) is 0 Å². The SMILES string of the molecule is NC(=S)c1ccc(NC(=O)c2cccc(O)c2)c(Cl)c1. The van der Waals surface area contributed by atoms with Crippen LogP contribution in [0.4, 0.5) is 5.69 Å². The molecule has 0 aromatic heterocycles. The quantitative estimate of drug-likeness (QED) is 0.762. The minimum absolute atomic E-state index is 0.0209. The van der Waals surface area contributed by atoms with Crippen molar-refractivity contribution in [2.75, 3.05) is 5.32 Å². The van der Waals surface area contributed by atoms with E-state index >= 15 is 0 Å². The minimum Gasteiger partial charge on any atom is -0.508 e. The van der Waals surface area contributed by atoms with Gasteiger partial charge in [-0.1, -0.05) is 29.9 Å². The van der Waals surface area contributed by atoms with Crippen LogP contribution in [-0.2, 0) is 0 Å². The van der Waals surface area contributed by atoms with Crippen molar-refractivity contribution < 1.29 is 9.90 Å². The number of aromatic hydroxyl groups is 1. The number of phenolic OH excluding ortho intramolecular Hbond substituents is 1. The number of hydrogen-bond acceptors (Lipinski definition) is 3. The lowest BCUT2D eigenvalue weighted by Crippen LogP contribution is -2.13. The summed E-state index contributed by atoms with van der Waals surface area (Å²) in [6.07, 6.45) is 0. The second-order valence-electron chi connectivity index (χ2n) is 4.06. The fourth-order valence-corrected chi connectivity index (χ4v) is 1.97. The first-order chi connectivity index (χ1) is 9.47. The molecule has 2 rings (SSSR count). The van der Waals surface area contributed by atoms with Gasteiger partial charge in [-0.15, -0.1) is 0 Å². The normalized spacial score (nSPS) is 10.1. The number of carbonyl (C=O) groups excluding carboxylic acids is 1. The molecule has 0 aliphatic heterocycles. The van der Waals surface area contributed by atoms with Gasteiger partial charge in [-0.3, -0.25) is 4.79 Å². The molecule has 0 fully saturated rings. The molecule has 0 aliphatic rings. The van der Waals surface area contributed by atoms with E-state index in [9.17, 15) is 9.90 Å². The molecule has 0 atom stereocenters. The summed E-state index contributed by atoms with van der Waals surface area (Å²) in [7, 11) is 0. The van der Waals surface area contributed by atoms with Gasteiger partial charge in [-0.25, -0.2) is 0 Å². The van der Waals surface area contributed by atoms with E-state index in [2.05, 4.69) is 5.32 Å². The van der Waals surface area contributed by atoms with Gasteiger partial charge in [-0.2, -0.15) is 0 Å². The molecule has 2 aromatic rings. The van der Waals surface area contributed by atoms with Gasteiger partial charge < -0.3 is 16.2 Å².